The minimum Gasteiger partial charge on any atom is -0.379 e. The van der Waals surface area contributed by atoms with Crippen molar-refractivity contribution in [1.29, 1.82) is 0 Å². The zero-order chi connectivity index (χ0) is 14.7. The minimum atomic E-state index is 0.283. The standard InChI is InChI=1S/C20H21N/c1-15-9-8-14-18(15)20-13-7-6-12-19(20)16(2)21-17-10-4-3-5-11-17/h3-14,16,18,21H,1-2H3. The molecule has 0 heterocycles. The Bertz CT molecular complexity index is 667. The predicted octanol–water partition coefficient (Wildman–Crippen LogP) is 5.46. The van der Waals surface area contributed by atoms with Crippen LogP contribution in [0.3, 0.4) is 0 Å². The number of allylic oxidation sites excluding steroid dienone is 4. The molecule has 0 aromatic heterocycles. The first-order chi connectivity index (χ1) is 10.3. The summed E-state index contributed by atoms with van der Waals surface area (Å²) in [5, 5.41) is 3.59. The van der Waals surface area contributed by atoms with Crippen LogP contribution < -0.4 is 5.32 Å². The largest absolute Gasteiger partial charge is 0.379 e. The van der Waals surface area contributed by atoms with Crippen molar-refractivity contribution < 1.29 is 0 Å². The van der Waals surface area contributed by atoms with Gasteiger partial charge >= 0.3 is 0 Å². The van der Waals surface area contributed by atoms with Gasteiger partial charge in [0.05, 0.1) is 0 Å². The third-order valence-corrected chi connectivity index (χ3v) is 4.11. The Morgan fingerprint density at radius 3 is 2.38 bits per heavy atom. The molecule has 0 spiro atoms. The molecule has 0 saturated heterocycles. The van der Waals surface area contributed by atoms with Crippen molar-refractivity contribution in [3.8, 4) is 0 Å². The number of anilines is 1. The molecule has 106 valence electrons. The maximum Gasteiger partial charge on any atom is 0.0488 e. The summed E-state index contributed by atoms with van der Waals surface area (Å²) in [6, 6.07) is 19.4. The van der Waals surface area contributed by atoms with Crippen LogP contribution in [0.25, 0.3) is 0 Å². The van der Waals surface area contributed by atoms with Gasteiger partial charge in [-0.2, -0.15) is 0 Å². The molecule has 0 radical (unpaired) electrons. The Morgan fingerprint density at radius 2 is 1.67 bits per heavy atom. The average Bonchev–Trinajstić information content (AvgIpc) is 2.94. The Labute approximate surface area is 127 Å². The van der Waals surface area contributed by atoms with Gasteiger partial charge in [-0.25, -0.2) is 0 Å². The molecule has 0 amide bonds. The van der Waals surface area contributed by atoms with Crippen molar-refractivity contribution >= 4 is 5.69 Å². The van der Waals surface area contributed by atoms with Crippen LogP contribution in [-0.2, 0) is 0 Å². The summed E-state index contributed by atoms with van der Waals surface area (Å²) in [6.45, 7) is 4.43. The highest BCUT2D eigenvalue weighted by Crippen LogP contribution is 2.35. The van der Waals surface area contributed by atoms with Crippen LogP contribution >= 0.6 is 0 Å². The number of nitrogens with one attached hydrogen (secondary N) is 1. The highest BCUT2D eigenvalue weighted by Gasteiger charge is 2.19. The van der Waals surface area contributed by atoms with Gasteiger partial charge in [0, 0.05) is 17.6 Å². The lowest BCUT2D eigenvalue weighted by Crippen LogP contribution is -2.11. The molecule has 3 rings (SSSR count). The lowest BCUT2D eigenvalue weighted by molar-refractivity contribution is 0.847. The van der Waals surface area contributed by atoms with Gasteiger partial charge in [0.25, 0.3) is 0 Å². The molecule has 2 atom stereocenters. The topological polar surface area (TPSA) is 12.0 Å². The molecule has 0 aliphatic heterocycles. The fourth-order valence-electron chi connectivity index (χ4n) is 2.97. The van der Waals surface area contributed by atoms with Crippen LogP contribution in [-0.4, -0.2) is 0 Å². The van der Waals surface area contributed by atoms with Crippen LogP contribution in [0.2, 0.25) is 0 Å². The summed E-state index contributed by atoms with van der Waals surface area (Å²) in [4.78, 5) is 0. The van der Waals surface area contributed by atoms with Gasteiger partial charge in [-0.1, -0.05) is 66.3 Å². The second kappa shape index (κ2) is 6.01. The van der Waals surface area contributed by atoms with Crippen molar-refractivity contribution in [3.63, 3.8) is 0 Å². The summed E-state index contributed by atoms with van der Waals surface area (Å²) in [5.74, 6) is 0.418. The Hall–Kier alpha value is -2.28. The van der Waals surface area contributed by atoms with Crippen LogP contribution in [0, 0.1) is 0 Å². The quantitative estimate of drug-likeness (QED) is 0.781. The Balaban J connectivity index is 1.88. The van der Waals surface area contributed by atoms with E-state index in [4.69, 9.17) is 0 Å². The fourth-order valence-corrected chi connectivity index (χ4v) is 2.97. The fraction of sp³-hybridized carbons (Fsp3) is 0.200. The van der Waals surface area contributed by atoms with Crippen LogP contribution in [0.5, 0.6) is 0 Å². The number of benzene rings is 2. The molecular weight excluding hydrogens is 254 g/mol. The van der Waals surface area contributed by atoms with E-state index in [1.165, 1.54) is 16.7 Å². The number of hydrogen-bond acceptors (Lipinski definition) is 1. The van der Waals surface area contributed by atoms with E-state index in [0.29, 0.717) is 5.92 Å². The molecule has 2 aromatic rings. The van der Waals surface area contributed by atoms with Gasteiger partial charge in [-0.05, 0) is 37.1 Å². The molecule has 0 fully saturated rings. The monoisotopic (exact) mass is 275 g/mol. The first-order valence-corrected chi connectivity index (χ1v) is 7.51. The first-order valence-electron chi connectivity index (χ1n) is 7.51. The molecule has 0 bridgehead atoms. The van der Waals surface area contributed by atoms with Crippen molar-refractivity contribution in [2.24, 2.45) is 0 Å². The van der Waals surface area contributed by atoms with E-state index in [-0.39, 0.29) is 6.04 Å². The second-order valence-corrected chi connectivity index (χ2v) is 5.63. The SMILES string of the molecule is CC1=CC=CC1c1ccccc1C(C)Nc1ccccc1. The van der Waals surface area contributed by atoms with Gasteiger partial charge in [0.1, 0.15) is 0 Å². The summed E-state index contributed by atoms with van der Waals surface area (Å²) < 4.78 is 0. The molecule has 1 aliphatic carbocycles. The van der Waals surface area contributed by atoms with Gasteiger partial charge in [0.15, 0.2) is 0 Å². The summed E-state index contributed by atoms with van der Waals surface area (Å²) in [6.07, 6.45) is 6.65. The van der Waals surface area contributed by atoms with E-state index in [0.717, 1.165) is 5.69 Å². The highest BCUT2D eigenvalue weighted by atomic mass is 14.9. The zero-order valence-electron chi connectivity index (χ0n) is 12.6. The van der Waals surface area contributed by atoms with Gasteiger partial charge in [0.2, 0.25) is 0 Å². The molecule has 2 unspecified atom stereocenters. The van der Waals surface area contributed by atoms with Gasteiger partial charge < -0.3 is 5.32 Å². The van der Waals surface area contributed by atoms with Crippen molar-refractivity contribution in [1.82, 2.24) is 0 Å². The third kappa shape index (κ3) is 2.92. The molecule has 21 heavy (non-hydrogen) atoms. The highest BCUT2D eigenvalue weighted by molar-refractivity contribution is 5.49. The summed E-state index contributed by atoms with van der Waals surface area (Å²) >= 11 is 0. The minimum absolute atomic E-state index is 0.283. The normalized spacial score (nSPS) is 18.4. The summed E-state index contributed by atoms with van der Waals surface area (Å²) in [7, 11) is 0. The molecule has 1 heteroatoms. The molecule has 0 saturated carbocycles. The second-order valence-electron chi connectivity index (χ2n) is 5.63. The Morgan fingerprint density at radius 1 is 0.952 bits per heavy atom. The van der Waals surface area contributed by atoms with Crippen molar-refractivity contribution in [3.05, 3.63) is 89.5 Å². The maximum absolute atomic E-state index is 3.59. The van der Waals surface area contributed by atoms with E-state index < -0.39 is 0 Å². The summed E-state index contributed by atoms with van der Waals surface area (Å²) in [5.41, 5.74) is 5.34. The average molecular weight is 275 g/mol. The number of hydrogen-bond donors (Lipinski definition) is 1. The maximum atomic E-state index is 3.59. The van der Waals surface area contributed by atoms with Crippen molar-refractivity contribution in [2.75, 3.05) is 5.32 Å². The smallest absolute Gasteiger partial charge is 0.0488 e. The predicted molar refractivity (Wildman–Crippen MR) is 90.6 cm³/mol. The van der Waals surface area contributed by atoms with Crippen LogP contribution in [0.15, 0.2) is 78.4 Å². The zero-order valence-corrected chi connectivity index (χ0v) is 12.6. The van der Waals surface area contributed by atoms with Crippen LogP contribution in [0.4, 0.5) is 5.69 Å². The van der Waals surface area contributed by atoms with Gasteiger partial charge in [-0.3, -0.25) is 0 Å². The Kier molecular flexibility index (Phi) is 3.92. The molecule has 1 nitrogen and oxygen atoms in total. The third-order valence-electron chi connectivity index (χ3n) is 4.11. The van der Waals surface area contributed by atoms with E-state index in [1.807, 2.05) is 6.07 Å². The molecule has 1 N–H and O–H groups in total. The number of para-hydroxylation sites is 1. The van der Waals surface area contributed by atoms with E-state index in [9.17, 15) is 0 Å². The lowest BCUT2D eigenvalue weighted by atomic mass is 9.88. The molecular formula is C20H21N. The lowest BCUT2D eigenvalue weighted by Gasteiger charge is -2.22. The van der Waals surface area contributed by atoms with Crippen LogP contribution in [0.1, 0.15) is 36.9 Å². The van der Waals surface area contributed by atoms with E-state index >= 15 is 0 Å². The van der Waals surface area contributed by atoms with Crippen molar-refractivity contribution in [2.45, 2.75) is 25.8 Å². The molecule has 2 aromatic carbocycles. The van der Waals surface area contributed by atoms with E-state index in [2.05, 4.69) is 85.9 Å². The van der Waals surface area contributed by atoms with Gasteiger partial charge in [-0.15, -0.1) is 0 Å². The number of rotatable bonds is 4. The molecule has 1 aliphatic rings. The first kappa shape index (κ1) is 13.7. The van der Waals surface area contributed by atoms with E-state index in [1.54, 1.807) is 0 Å².